The van der Waals surface area contributed by atoms with Crippen LogP contribution in [0, 0.1) is 0 Å². The molecule has 0 spiro atoms. The van der Waals surface area contributed by atoms with E-state index < -0.39 is 62.9 Å². The molecule has 0 atom stereocenters. The lowest BCUT2D eigenvalue weighted by Crippen LogP contribution is -2.31. The first-order valence-corrected chi connectivity index (χ1v) is 15.0. The van der Waals surface area contributed by atoms with E-state index in [1.165, 1.54) is 16.7 Å². The molecule has 0 fully saturated rings. The maximum atomic E-state index is 13.1. The average molecular weight is 644 g/mol. The van der Waals surface area contributed by atoms with Crippen LogP contribution >= 0.6 is 23.2 Å². The molecule has 13 nitrogen and oxygen atoms in total. The second-order valence-corrected chi connectivity index (χ2v) is 12.6. The van der Waals surface area contributed by atoms with Crippen LogP contribution in [0.25, 0.3) is 0 Å². The summed E-state index contributed by atoms with van der Waals surface area (Å²) in [5.41, 5.74) is -1.19. The number of halogens is 2. The molecule has 4 aromatic rings. The largest absolute Gasteiger partial charge is 0.478 e. The highest BCUT2D eigenvalue weighted by Gasteiger charge is 2.31. The number of hydrogen-bond acceptors (Lipinski definition) is 10. The van der Waals surface area contributed by atoms with Crippen molar-refractivity contribution in [2.24, 2.45) is 0 Å². The lowest BCUT2D eigenvalue weighted by molar-refractivity contribution is 0.0686. The van der Waals surface area contributed by atoms with Crippen LogP contribution < -0.4 is 14.8 Å². The first-order valence-electron chi connectivity index (χ1n) is 11.2. The second-order valence-electron chi connectivity index (χ2n) is 8.22. The molecule has 4 rings (SSSR count). The van der Waals surface area contributed by atoms with Crippen LogP contribution in [0.15, 0.2) is 79.7 Å². The number of nitrogens with one attached hydrogen (secondary N) is 3. The Morgan fingerprint density at radius 2 is 1.10 bits per heavy atom. The van der Waals surface area contributed by atoms with Gasteiger partial charge in [0, 0.05) is 0 Å². The summed E-state index contributed by atoms with van der Waals surface area (Å²) in [5, 5.41) is 23.8. The van der Waals surface area contributed by atoms with Gasteiger partial charge in [0.2, 0.25) is 0 Å². The Balaban J connectivity index is 1.65. The van der Waals surface area contributed by atoms with Crippen molar-refractivity contribution in [2.75, 3.05) is 10.6 Å². The van der Waals surface area contributed by atoms with Crippen LogP contribution in [-0.2, 0) is 33.1 Å². The molecule has 0 aliphatic carbocycles. The van der Waals surface area contributed by atoms with E-state index in [2.05, 4.69) is 10.6 Å². The fourth-order valence-electron chi connectivity index (χ4n) is 3.59. The maximum absolute atomic E-state index is 13.1. The minimum Gasteiger partial charge on any atom is -0.478 e. The molecule has 41 heavy (non-hydrogen) atoms. The van der Waals surface area contributed by atoms with Gasteiger partial charge in [0.25, 0.3) is 20.0 Å². The van der Waals surface area contributed by atoms with E-state index in [0.717, 1.165) is 12.1 Å². The molecule has 2 aromatic heterocycles. The van der Waals surface area contributed by atoms with Crippen molar-refractivity contribution in [1.29, 1.82) is 0 Å². The van der Waals surface area contributed by atoms with Crippen molar-refractivity contribution in [2.45, 2.75) is 22.9 Å². The molecule has 0 bridgehead atoms. The van der Waals surface area contributed by atoms with Gasteiger partial charge >= 0.3 is 11.9 Å². The molecular weight excluding hydrogens is 625 g/mol. The van der Waals surface area contributed by atoms with E-state index >= 15 is 0 Å². The quantitative estimate of drug-likeness (QED) is 0.145. The fourth-order valence-corrected chi connectivity index (χ4v) is 7.58. The number of carbonyl (C=O) groups is 2. The zero-order chi connectivity index (χ0) is 29.9. The zero-order valence-electron chi connectivity index (χ0n) is 20.4. The van der Waals surface area contributed by atoms with Crippen LogP contribution in [0.3, 0.4) is 0 Å². The highest BCUT2D eigenvalue weighted by atomic mass is 35.5. The molecule has 0 radical (unpaired) electrons. The number of benzene rings is 2. The summed E-state index contributed by atoms with van der Waals surface area (Å²) in [7, 11) is -10.1. The summed E-state index contributed by atoms with van der Waals surface area (Å²) in [4.78, 5) is 22.0. The monoisotopic (exact) mass is 643 g/mol. The van der Waals surface area contributed by atoms with Crippen LogP contribution in [0.5, 0.6) is 0 Å². The number of carboxylic acids is 2. The molecule has 0 aliphatic rings. The highest BCUT2D eigenvalue weighted by Crippen LogP contribution is 2.33. The maximum Gasteiger partial charge on any atom is 0.337 e. The number of anilines is 2. The lowest BCUT2D eigenvalue weighted by atomic mass is 10.1. The SMILES string of the molecule is O=C(O)c1cc(S(=O)(=O)NS(=O)(=O)c2cc(C(=O)O)c(NCc3ccco3)cc2Cl)c(Cl)cc1NCc1ccco1. The van der Waals surface area contributed by atoms with Crippen LogP contribution in [0.4, 0.5) is 11.4 Å². The van der Waals surface area contributed by atoms with Gasteiger partial charge in [0.05, 0.1) is 58.2 Å². The summed E-state index contributed by atoms with van der Waals surface area (Å²) in [5.74, 6) is -2.17. The zero-order valence-corrected chi connectivity index (χ0v) is 23.6. The van der Waals surface area contributed by atoms with Crippen molar-refractivity contribution in [3.05, 3.63) is 93.7 Å². The Kier molecular flexibility index (Phi) is 8.65. The summed E-state index contributed by atoms with van der Waals surface area (Å²) in [6, 6.07) is 9.82. The summed E-state index contributed by atoms with van der Waals surface area (Å²) < 4.78 is 64.2. The number of furan rings is 2. The molecule has 2 aromatic carbocycles. The smallest absolute Gasteiger partial charge is 0.337 e. The third-order valence-corrected chi connectivity index (χ3v) is 9.91. The lowest BCUT2D eigenvalue weighted by Gasteiger charge is -2.15. The molecule has 0 unspecified atom stereocenters. The van der Waals surface area contributed by atoms with E-state index in [0.29, 0.717) is 23.7 Å². The van der Waals surface area contributed by atoms with Crippen molar-refractivity contribution in [1.82, 2.24) is 4.13 Å². The van der Waals surface area contributed by atoms with Crippen LogP contribution in [0.1, 0.15) is 32.2 Å². The van der Waals surface area contributed by atoms with E-state index in [9.17, 15) is 36.6 Å². The van der Waals surface area contributed by atoms with Crippen molar-refractivity contribution >= 4 is 66.6 Å². The molecule has 17 heteroatoms. The minimum absolute atomic E-state index is 0.0408. The van der Waals surface area contributed by atoms with Gasteiger partial charge in [-0.3, -0.25) is 0 Å². The molecule has 0 saturated carbocycles. The van der Waals surface area contributed by atoms with E-state index in [1.54, 1.807) is 24.3 Å². The molecule has 2 heterocycles. The third-order valence-electron chi connectivity index (χ3n) is 5.47. The average Bonchev–Trinajstić information content (AvgIpc) is 3.59. The number of aromatic carboxylic acids is 2. The van der Waals surface area contributed by atoms with E-state index in [4.69, 9.17) is 32.0 Å². The number of carboxylic acid groups (broad SMARTS) is 2. The molecule has 0 saturated heterocycles. The minimum atomic E-state index is -5.04. The summed E-state index contributed by atoms with van der Waals surface area (Å²) in [6.07, 6.45) is 2.81. The number of sulfonamides is 2. The van der Waals surface area contributed by atoms with Gasteiger partial charge in [-0.1, -0.05) is 23.2 Å². The van der Waals surface area contributed by atoms with E-state index in [-0.39, 0.29) is 24.5 Å². The summed E-state index contributed by atoms with van der Waals surface area (Å²) >= 11 is 12.3. The number of hydrogen-bond donors (Lipinski definition) is 5. The van der Waals surface area contributed by atoms with Gasteiger partial charge in [-0.15, -0.1) is 4.13 Å². The van der Waals surface area contributed by atoms with Gasteiger partial charge in [-0.2, -0.15) is 0 Å². The molecule has 216 valence electrons. The Morgan fingerprint density at radius 3 is 1.41 bits per heavy atom. The second kappa shape index (κ2) is 11.8. The topological polar surface area (TPSA) is 205 Å². The third kappa shape index (κ3) is 6.83. The van der Waals surface area contributed by atoms with Gasteiger partial charge in [0.1, 0.15) is 21.3 Å². The Morgan fingerprint density at radius 1 is 0.707 bits per heavy atom. The van der Waals surface area contributed by atoms with Gasteiger partial charge in [-0.05, 0) is 48.5 Å². The Hall–Kier alpha value is -4.02. The molecular formula is C24H19Cl2N3O10S2. The predicted molar refractivity (Wildman–Crippen MR) is 146 cm³/mol. The molecule has 0 aliphatic heterocycles. The van der Waals surface area contributed by atoms with Crippen LogP contribution in [0.2, 0.25) is 10.0 Å². The van der Waals surface area contributed by atoms with E-state index in [1.807, 2.05) is 0 Å². The Labute approximate surface area is 242 Å². The number of rotatable bonds is 12. The summed E-state index contributed by atoms with van der Waals surface area (Å²) in [6.45, 7) is 0.0816. The highest BCUT2D eigenvalue weighted by molar-refractivity contribution is 8.04. The van der Waals surface area contributed by atoms with Gasteiger partial charge in [0.15, 0.2) is 0 Å². The fraction of sp³-hybridized carbons (Fsp3) is 0.0833. The molecule has 0 amide bonds. The van der Waals surface area contributed by atoms with Crippen LogP contribution in [-0.4, -0.2) is 39.0 Å². The first-order chi connectivity index (χ1) is 19.3. The standard InChI is InChI=1S/C24H19Cl2N3O10S2/c25-17-9-19(27-11-13-3-1-5-38-13)15(23(30)31)7-21(17)40(34,35)29-41(36,37)22-8-16(24(32)33)20(10-18(22)26)28-12-14-4-2-6-39-14/h1-10,27-29H,11-12H2,(H,30,31)(H,32,33). The predicted octanol–water partition coefficient (Wildman–Crippen LogP) is 4.47. The van der Waals surface area contributed by atoms with Crippen molar-refractivity contribution in [3.8, 4) is 0 Å². The normalized spacial score (nSPS) is 11.8. The molecule has 5 N–H and O–H groups in total. The Bertz CT molecular complexity index is 1690. The van der Waals surface area contributed by atoms with Gasteiger partial charge < -0.3 is 29.7 Å². The van der Waals surface area contributed by atoms with Gasteiger partial charge in [-0.25, -0.2) is 26.4 Å². The van der Waals surface area contributed by atoms with Crippen molar-refractivity contribution in [3.63, 3.8) is 0 Å². The first kappa shape index (κ1) is 30.0. The van der Waals surface area contributed by atoms with Crippen molar-refractivity contribution < 1.29 is 45.5 Å².